The van der Waals surface area contributed by atoms with Crippen LogP contribution in [0.5, 0.6) is 0 Å². The second kappa shape index (κ2) is 40.5. The lowest BCUT2D eigenvalue weighted by molar-refractivity contribution is -0.154. The van der Waals surface area contributed by atoms with Crippen LogP contribution in [0.15, 0.2) is 48.6 Å². The molecule has 0 saturated carbocycles. The minimum Gasteiger partial charge on any atom is -0.457 e. The summed E-state index contributed by atoms with van der Waals surface area (Å²) in [4.78, 5) is 12.2. The Kier molecular flexibility index (Phi) is 39.1. The molecule has 0 spiro atoms. The van der Waals surface area contributed by atoms with Gasteiger partial charge < -0.3 is 14.6 Å². The van der Waals surface area contributed by atoms with Crippen molar-refractivity contribution >= 4 is 5.97 Å². The van der Waals surface area contributed by atoms with E-state index in [2.05, 4.69) is 62.5 Å². The van der Waals surface area contributed by atoms with Crippen LogP contribution in [0.25, 0.3) is 0 Å². The van der Waals surface area contributed by atoms with Crippen LogP contribution in [0, 0.1) is 0 Å². The lowest BCUT2D eigenvalue weighted by Gasteiger charge is -2.16. The van der Waals surface area contributed by atoms with E-state index in [1.807, 2.05) is 0 Å². The Labute approximate surface area is 292 Å². The van der Waals surface area contributed by atoms with Crippen LogP contribution >= 0.6 is 0 Å². The molecule has 0 aliphatic rings. The molecule has 1 N–H and O–H groups in total. The normalized spacial score (nSPS) is 12.8. The molecular formula is C43H78O4. The average Bonchev–Trinajstić information content (AvgIpc) is 3.08. The zero-order chi connectivity index (χ0) is 34.1. The van der Waals surface area contributed by atoms with Gasteiger partial charge in [0, 0.05) is 13.0 Å². The number of esters is 1. The van der Waals surface area contributed by atoms with Gasteiger partial charge in [-0.1, -0.05) is 159 Å². The third-order valence-corrected chi connectivity index (χ3v) is 8.63. The maximum absolute atomic E-state index is 12.2. The number of ether oxygens (including phenoxy) is 2. The van der Waals surface area contributed by atoms with Crippen molar-refractivity contribution in [2.75, 3.05) is 19.8 Å². The van der Waals surface area contributed by atoms with E-state index in [9.17, 15) is 9.90 Å². The van der Waals surface area contributed by atoms with E-state index < -0.39 is 6.10 Å². The molecule has 0 saturated heterocycles. The molecule has 0 bridgehead atoms. The number of aliphatic hydroxyl groups is 1. The number of carbonyl (C=O) groups is 1. The summed E-state index contributed by atoms with van der Waals surface area (Å²) in [5.74, 6) is -0.211. The SMILES string of the molecule is CCCCC/C=C\C/C=C\CCCCCCCCCCOCC(CO)OC(=O)CCCCCCCCC/C=C\C/C=C\CCCCC. The fourth-order valence-corrected chi connectivity index (χ4v) is 5.56. The van der Waals surface area contributed by atoms with E-state index in [1.165, 1.54) is 141 Å². The monoisotopic (exact) mass is 659 g/mol. The molecule has 4 heteroatoms. The molecule has 0 aliphatic heterocycles. The van der Waals surface area contributed by atoms with Gasteiger partial charge in [0.2, 0.25) is 0 Å². The summed E-state index contributed by atoms with van der Waals surface area (Å²) in [6.07, 6.45) is 51.5. The molecule has 0 rings (SSSR count). The van der Waals surface area contributed by atoms with Gasteiger partial charge in [0.1, 0.15) is 6.10 Å². The van der Waals surface area contributed by atoms with Crippen molar-refractivity contribution in [1.29, 1.82) is 0 Å². The third kappa shape index (κ3) is 38.7. The smallest absolute Gasteiger partial charge is 0.306 e. The molecule has 0 aromatic heterocycles. The van der Waals surface area contributed by atoms with Gasteiger partial charge in [0.05, 0.1) is 13.2 Å². The Morgan fingerprint density at radius 3 is 1.32 bits per heavy atom. The van der Waals surface area contributed by atoms with Crippen molar-refractivity contribution in [3.8, 4) is 0 Å². The van der Waals surface area contributed by atoms with E-state index in [0.29, 0.717) is 13.0 Å². The number of carbonyl (C=O) groups excluding carboxylic acids is 1. The average molecular weight is 659 g/mol. The quantitative estimate of drug-likeness (QED) is 0.0410. The first-order chi connectivity index (χ1) is 23.2. The first-order valence-electron chi connectivity index (χ1n) is 20.2. The summed E-state index contributed by atoms with van der Waals surface area (Å²) >= 11 is 0. The van der Waals surface area contributed by atoms with Gasteiger partial charge in [-0.05, 0) is 77.0 Å². The highest BCUT2D eigenvalue weighted by atomic mass is 16.6. The van der Waals surface area contributed by atoms with Crippen LogP contribution in [0.1, 0.15) is 194 Å². The lowest BCUT2D eigenvalue weighted by atomic mass is 10.1. The van der Waals surface area contributed by atoms with E-state index in [-0.39, 0.29) is 19.2 Å². The van der Waals surface area contributed by atoms with Crippen molar-refractivity contribution in [3.05, 3.63) is 48.6 Å². The fourth-order valence-electron chi connectivity index (χ4n) is 5.56. The summed E-state index contributed by atoms with van der Waals surface area (Å²) in [5, 5.41) is 9.58. The Hall–Kier alpha value is -1.65. The Bertz CT molecular complexity index is 738. The van der Waals surface area contributed by atoms with Crippen LogP contribution in [-0.2, 0) is 14.3 Å². The van der Waals surface area contributed by atoms with Crippen molar-refractivity contribution in [3.63, 3.8) is 0 Å². The number of allylic oxidation sites excluding steroid dienone is 8. The van der Waals surface area contributed by atoms with Gasteiger partial charge >= 0.3 is 5.97 Å². The first kappa shape index (κ1) is 45.3. The summed E-state index contributed by atoms with van der Waals surface area (Å²) in [6, 6.07) is 0. The topological polar surface area (TPSA) is 55.8 Å². The van der Waals surface area contributed by atoms with Gasteiger partial charge in [-0.2, -0.15) is 0 Å². The maximum atomic E-state index is 12.2. The Morgan fingerprint density at radius 1 is 0.511 bits per heavy atom. The fraction of sp³-hybridized carbons (Fsp3) is 0.791. The minimum absolute atomic E-state index is 0.178. The molecule has 0 aliphatic carbocycles. The molecule has 1 unspecified atom stereocenters. The number of hydrogen-bond acceptors (Lipinski definition) is 4. The standard InChI is InChI=1S/C43H78O4/c1-3-5-7-9-11-13-15-17-19-21-23-25-27-29-31-33-35-37-39-46-41-42(40-44)47-43(45)38-36-34-32-30-28-26-24-22-20-18-16-14-12-10-8-6-4-2/h11-14,17-20,42,44H,3-10,15-16,21-41H2,1-2H3/b13-11-,14-12-,19-17-,20-18-. The van der Waals surface area contributed by atoms with E-state index >= 15 is 0 Å². The van der Waals surface area contributed by atoms with Gasteiger partial charge in [0.25, 0.3) is 0 Å². The Balaban J connectivity index is 3.46. The predicted octanol–water partition coefficient (Wildman–Crippen LogP) is 13.1. The summed E-state index contributed by atoms with van der Waals surface area (Å²) < 4.78 is 11.1. The van der Waals surface area contributed by atoms with Gasteiger partial charge in [-0.3, -0.25) is 4.79 Å². The van der Waals surface area contributed by atoms with Crippen molar-refractivity contribution < 1.29 is 19.4 Å². The lowest BCUT2D eigenvalue weighted by Crippen LogP contribution is -2.27. The van der Waals surface area contributed by atoms with Crippen molar-refractivity contribution in [2.24, 2.45) is 0 Å². The van der Waals surface area contributed by atoms with Gasteiger partial charge in [0.15, 0.2) is 0 Å². The van der Waals surface area contributed by atoms with Crippen LogP contribution < -0.4 is 0 Å². The molecule has 0 amide bonds. The van der Waals surface area contributed by atoms with Crippen molar-refractivity contribution in [1.82, 2.24) is 0 Å². The number of unbranched alkanes of at least 4 members (excludes halogenated alkanes) is 21. The van der Waals surface area contributed by atoms with Crippen LogP contribution in [0.2, 0.25) is 0 Å². The highest BCUT2D eigenvalue weighted by Gasteiger charge is 2.13. The molecule has 47 heavy (non-hydrogen) atoms. The summed E-state index contributed by atoms with van der Waals surface area (Å²) in [7, 11) is 0. The maximum Gasteiger partial charge on any atom is 0.306 e. The molecule has 4 nitrogen and oxygen atoms in total. The summed E-state index contributed by atoms with van der Waals surface area (Å²) in [6.45, 7) is 5.28. The van der Waals surface area contributed by atoms with Crippen LogP contribution in [0.4, 0.5) is 0 Å². The molecule has 0 heterocycles. The Morgan fingerprint density at radius 2 is 0.894 bits per heavy atom. The zero-order valence-corrected chi connectivity index (χ0v) is 31.3. The predicted molar refractivity (Wildman–Crippen MR) is 205 cm³/mol. The molecule has 0 fully saturated rings. The largest absolute Gasteiger partial charge is 0.457 e. The molecule has 274 valence electrons. The summed E-state index contributed by atoms with van der Waals surface area (Å²) in [5.41, 5.74) is 0. The zero-order valence-electron chi connectivity index (χ0n) is 31.3. The number of hydrogen-bond donors (Lipinski definition) is 1. The first-order valence-corrected chi connectivity index (χ1v) is 20.2. The number of aliphatic hydroxyl groups excluding tert-OH is 1. The highest BCUT2D eigenvalue weighted by Crippen LogP contribution is 2.13. The van der Waals surface area contributed by atoms with Crippen LogP contribution in [0.3, 0.4) is 0 Å². The molecule has 1 atom stereocenters. The van der Waals surface area contributed by atoms with Gasteiger partial charge in [-0.15, -0.1) is 0 Å². The number of rotatable bonds is 37. The van der Waals surface area contributed by atoms with E-state index in [4.69, 9.17) is 9.47 Å². The molecule has 0 aromatic carbocycles. The highest BCUT2D eigenvalue weighted by molar-refractivity contribution is 5.69. The van der Waals surface area contributed by atoms with E-state index in [1.54, 1.807) is 0 Å². The molecule has 0 aromatic rings. The van der Waals surface area contributed by atoms with E-state index in [0.717, 1.165) is 32.1 Å². The van der Waals surface area contributed by atoms with Gasteiger partial charge in [-0.25, -0.2) is 0 Å². The second-order valence-corrected chi connectivity index (χ2v) is 13.3. The third-order valence-electron chi connectivity index (χ3n) is 8.63. The molecule has 0 radical (unpaired) electrons. The second-order valence-electron chi connectivity index (χ2n) is 13.3. The van der Waals surface area contributed by atoms with Crippen LogP contribution in [-0.4, -0.2) is 37.0 Å². The minimum atomic E-state index is -0.541. The van der Waals surface area contributed by atoms with Crippen molar-refractivity contribution in [2.45, 2.75) is 200 Å². The molecular weight excluding hydrogens is 580 g/mol.